The van der Waals surface area contributed by atoms with E-state index in [4.69, 9.17) is 4.74 Å². The van der Waals surface area contributed by atoms with E-state index in [2.05, 4.69) is 9.37 Å². The first-order valence-electron chi connectivity index (χ1n) is 7.66. The quantitative estimate of drug-likeness (QED) is 0.618. The molecule has 0 aliphatic carbocycles. The van der Waals surface area contributed by atoms with Crippen molar-refractivity contribution in [3.05, 3.63) is 56.7 Å². The van der Waals surface area contributed by atoms with Gasteiger partial charge < -0.3 is 4.74 Å². The number of fused-ring (bicyclic) bond motifs is 1. The van der Waals surface area contributed by atoms with Gasteiger partial charge in [0, 0.05) is 12.4 Å². The fourth-order valence-electron chi connectivity index (χ4n) is 2.53. The highest BCUT2D eigenvalue weighted by Crippen LogP contribution is 2.26. The summed E-state index contributed by atoms with van der Waals surface area (Å²) in [5.41, 5.74) is -0.554. The van der Waals surface area contributed by atoms with Crippen LogP contribution in [0.3, 0.4) is 0 Å². The van der Waals surface area contributed by atoms with Gasteiger partial charge in [-0.1, -0.05) is 0 Å². The molecule has 11 heteroatoms. The molecule has 0 amide bonds. The minimum atomic E-state index is -1.75. The van der Waals surface area contributed by atoms with E-state index < -0.39 is 24.1 Å². The van der Waals surface area contributed by atoms with Gasteiger partial charge in [-0.05, 0) is 29.7 Å². The Kier molecular flexibility index (Phi) is 5.40. The third-order valence-electron chi connectivity index (χ3n) is 3.76. The average Bonchev–Trinajstić information content (AvgIpc) is 3.29. The number of hydrogen-bond acceptors (Lipinski definition) is 6. The van der Waals surface area contributed by atoms with Gasteiger partial charge in [0.15, 0.2) is 0 Å². The van der Waals surface area contributed by atoms with E-state index in [1.54, 1.807) is 18.2 Å². The SMILES string of the molecule is Cn1c(F)cc(=O)n(-c2ccc3snc(C4=NCCO4)c3c2)c1=O.FCF. The molecule has 3 aromatic rings. The van der Waals surface area contributed by atoms with Crippen molar-refractivity contribution >= 4 is 27.5 Å². The number of alkyl halides is 2. The summed E-state index contributed by atoms with van der Waals surface area (Å²) in [5.74, 6) is -0.424. The zero-order valence-electron chi connectivity index (χ0n) is 14.0. The molecule has 2 aromatic heterocycles. The molecule has 27 heavy (non-hydrogen) atoms. The molecule has 0 N–H and O–H groups in total. The molecule has 1 aromatic carbocycles. The Bertz CT molecular complexity index is 1140. The van der Waals surface area contributed by atoms with Gasteiger partial charge in [0.1, 0.15) is 12.3 Å². The van der Waals surface area contributed by atoms with Crippen LogP contribution in [0.2, 0.25) is 0 Å². The predicted molar refractivity (Wildman–Crippen MR) is 94.9 cm³/mol. The minimum Gasteiger partial charge on any atom is -0.474 e. The first-order valence-corrected chi connectivity index (χ1v) is 8.43. The highest BCUT2D eigenvalue weighted by molar-refractivity contribution is 7.13. The summed E-state index contributed by atoms with van der Waals surface area (Å²) >= 11 is 1.28. The molecule has 4 rings (SSSR count). The Hall–Kier alpha value is -2.95. The summed E-state index contributed by atoms with van der Waals surface area (Å²) in [6.45, 7) is -0.669. The van der Waals surface area contributed by atoms with Gasteiger partial charge in [0.25, 0.3) is 5.56 Å². The van der Waals surface area contributed by atoms with Crippen molar-refractivity contribution in [2.75, 3.05) is 20.1 Å². The second-order valence-corrected chi connectivity index (χ2v) is 6.14. The Morgan fingerprint density at radius 1 is 1.26 bits per heavy atom. The third kappa shape index (κ3) is 3.50. The van der Waals surface area contributed by atoms with Gasteiger partial charge in [0.05, 0.1) is 23.0 Å². The zero-order chi connectivity index (χ0) is 19.6. The molecule has 0 saturated carbocycles. The first-order chi connectivity index (χ1) is 13.0. The number of hydrogen-bond donors (Lipinski definition) is 0. The third-order valence-corrected chi connectivity index (χ3v) is 4.59. The molecular weight excluding hydrogens is 385 g/mol. The summed E-state index contributed by atoms with van der Waals surface area (Å²) < 4.78 is 45.1. The summed E-state index contributed by atoms with van der Waals surface area (Å²) in [6, 6.07) is 5.83. The number of benzene rings is 1. The first kappa shape index (κ1) is 18.8. The molecule has 0 bridgehead atoms. The van der Waals surface area contributed by atoms with Gasteiger partial charge in [-0.2, -0.15) is 8.76 Å². The topological polar surface area (TPSA) is 78.5 Å². The van der Waals surface area contributed by atoms with Crippen LogP contribution in [0.25, 0.3) is 15.8 Å². The molecule has 3 heterocycles. The maximum atomic E-state index is 13.5. The summed E-state index contributed by atoms with van der Waals surface area (Å²) in [6.07, 6.45) is 0. The molecule has 0 spiro atoms. The number of ether oxygens (including phenoxy) is 1. The Morgan fingerprint density at radius 2 is 2.00 bits per heavy atom. The molecule has 0 saturated heterocycles. The molecule has 7 nitrogen and oxygen atoms in total. The van der Waals surface area contributed by atoms with E-state index in [-0.39, 0.29) is 0 Å². The number of rotatable bonds is 2. The Labute approximate surface area is 154 Å². The van der Waals surface area contributed by atoms with E-state index in [1.807, 2.05) is 0 Å². The van der Waals surface area contributed by atoms with E-state index in [0.29, 0.717) is 30.4 Å². The second kappa shape index (κ2) is 7.74. The molecule has 1 aliphatic heterocycles. The highest BCUT2D eigenvalue weighted by atomic mass is 32.1. The van der Waals surface area contributed by atoms with Gasteiger partial charge in [-0.3, -0.25) is 9.36 Å². The number of aromatic nitrogens is 3. The molecule has 0 atom stereocenters. The van der Waals surface area contributed by atoms with Crippen molar-refractivity contribution in [1.29, 1.82) is 0 Å². The maximum absolute atomic E-state index is 13.5. The summed E-state index contributed by atoms with van der Waals surface area (Å²) in [4.78, 5) is 28.6. The van der Waals surface area contributed by atoms with E-state index >= 15 is 0 Å². The lowest BCUT2D eigenvalue weighted by atomic mass is 10.2. The molecular formula is C16H13F3N4O3S. The monoisotopic (exact) mass is 398 g/mol. The Morgan fingerprint density at radius 3 is 2.67 bits per heavy atom. The van der Waals surface area contributed by atoms with Crippen LogP contribution in [0.5, 0.6) is 0 Å². The lowest BCUT2D eigenvalue weighted by Gasteiger charge is -2.08. The molecule has 0 radical (unpaired) electrons. The van der Waals surface area contributed by atoms with Crippen molar-refractivity contribution in [2.45, 2.75) is 0 Å². The average molecular weight is 398 g/mol. The van der Waals surface area contributed by atoms with Crippen molar-refractivity contribution in [3.63, 3.8) is 0 Å². The van der Waals surface area contributed by atoms with Crippen molar-refractivity contribution in [2.24, 2.45) is 12.0 Å². The Balaban J connectivity index is 0.000000659. The largest absolute Gasteiger partial charge is 0.474 e. The number of nitrogens with zero attached hydrogens (tertiary/aromatic N) is 4. The fourth-order valence-corrected chi connectivity index (χ4v) is 3.28. The van der Waals surface area contributed by atoms with Crippen LogP contribution in [0.15, 0.2) is 38.8 Å². The normalized spacial score (nSPS) is 13.1. The van der Waals surface area contributed by atoms with Crippen LogP contribution < -0.4 is 11.2 Å². The van der Waals surface area contributed by atoms with Gasteiger partial charge in [-0.15, -0.1) is 0 Å². The molecule has 142 valence electrons. The van der Waals surface area contributed by atoms with Gasteiger partial charge in [0.2, 0.25) is 18.8 Å². The smallest absolute Gasteiger partial charge is 0.337 e. The van der Waals surface area contributed by atoms with Crippen LogP contribution in [0, 0.1) is 5.95 Å². The van der Waals surface area contributed by atoms with Crippen LogP contribution in [0.4, 0.5) is 13.2 Å². The molecule has 0 fully saturated rings. The standard InChI is InChI=1S/C15H11FN4O3S.CH2F2/c1-19-11(16)7-12(21)20(15(19)22)8-2-3-10-9(6-8)13(18-24-10)14-17-4-5-23-14;2-1-3/h2-3,6-7H,4-5H2,1H3;1H2. The number of halogens is 3. The lowest BCUT2D eigenvalue weighted by Crippen LogP contribution is -2.38. The van der Waals surface area contributed by atoms with Crippen LogP contribution in [-0.4, -0.2) is 39.5 Å². The fraction of sp³-hybridized carbons (Fsp3) is 0.250. The van der Waals surface area contributed by atoms with Crippen LogP contribution >= 0.6 is 11.5 Å². The van der Waals surface area contributed by atoms with Crippen LogP contribution in [-0.2, 0) is 11.8 Å². The van der Waals surface area contributed by atoms with E-state index in [9.17, 15) is 22.8 Å². The summed E-state index contributed by atoms with van der Waals surface area (Å²) in [7, 11) is 1.27. The van der Waals surface area contributed by atoms with Gasteiger partial charge in [-0.25, -0.2) is 23.1 Å². The predicted octanol–water partition coefficient (Wildman–Crippen LogP) is 1.94. The van der Waals surface area contributed by atoms with Crippen LogP contribution in [0.1, 0.15) is 5.69 Å². The lowest BCUT2D eigenvalue weighted by molar-refractivity contribution is 0.295. The van der Waals surface area contributed by atoms with Crippen molar-refractivity contribution in [3.8, 4) is 5.69 Å². The summed E-state index contributed by atoms with van der Waals surface area (Å²) in [5, 5.41) is 0.733. The molecule has 0 unspecified atom stereocenters. The van der Waals surface area contributed by atoms with Crippen molar-refractivity contribution in [1.82, 2.24) is 13.5 Å². The molecule has 1 aliphatic rings. The van der Waals surface area contributed by atoms with Crippen molar-refractivity contribution < 1.29 is 17.9 Å². The van der Waals surface area contributed by atoms with E-state index in [1.165, 1.54) is 18.6 Å². The maximum Gasteiger partial charge on any atom is 0.337 e. The van der Waals surface area contributed by atoms with E-state index in [0.717, 1.165) is 25.3 Å². The number of aliphatic imine (C=N–C) groups is 1. The van der Waals surface area contributed by atoms with Gasteiger partial charge >= 0.3 is 5.69 Å². The second-order valence-electron chi connectivity index (χ2n) is 5.33. The highest BCUT2D eigenvalue weighted by Gasteiger charge is 2.18. The minimum absolute atomic E-state index is 0.341. The zero-order valence-corrected chi connectivity index (χ0v) is 14.8.